The summed E-state index contributed by atoms with van der Waals surface area (Å²) >= 11 is 0. The summed E-state index contributed by atoms with van der Waals surface area (Å²) in [4.78, 5) is 2.46. The Hall–Kier alpha value is -2.04. The molecule has 1 fully saturated rings. The van der Waals surface area contributed by atoms with Gasteiger partial charge in [0.2, 0.25) is 0 Å². The Kier molecular flexibility index (Phi) is 4.63. The van der Waals surface area contributed by atoms with Crippen LogP contribution in [-0.4, -0.2) is 32.8 Å². The summed E-state index contributed by atoms with van der Waals surface area (Å²) in [6, 6.07) is 13.6. The first kappa shape index (κ1) is 17.4. The van der Waals surface area contributed by atoms with E-state index in [2.05, 4.69) is 65.8 Å². The molecule has 0 bridgehead atoms. The molecule has 2 aromatic carbocycles. The number of ether oxygens (including phenoxy) is 1. The normalized spacial score (nSPS) is 18.0. The van der Waals surface area contributed by atoms with Crippen molar-refractivity contribution in [3.05, 3.63) is 53.1 Å². The Bertz CT molecular complexity index is 794. The van der Waals surface area contributed by atoms with Crippen molar-refractivity contribution < 1.29 is 4.74 Å². The molecule has 0 aromatic heterocycles. The van der Waals surface area contributed by atoms with Crippen LogP contribution in [0.3, 0.4) is 0 Å². The van der Waals surface area contributed by atoms with E-state index in [1.807, 2.05) is 6.92 Å². The molecular formula is C22H29N3O. The minimum Gasteiger partial charge on any atom is -0.377 e. The number of nitrogens with one attached hydrogen (secondary N) is 2. The highest BCUT2D eigenvalue weighted by molar-refractivity contribution is 5.78. The fourth-order valence-electron chi connectivity index (χ4n) is 4.12. The lowest BCUT2D eigenvalue weighted by Crippen LogP contribution is -2.43. The molecule has 2 N–H and O–H groups in total. The van der Waals surface area contributed by atoms with E-state index >= 15 is 0 Å². The highest BCUT2D eigenvalue weighted by Crippen LogP contribution is 2.46. The van der Waals surface area contributed by atoms with Gasteiger partial charge in [-0.15, -0.1) is 0 Å². The van der Waals surface area contributed by atoms with Gasteiger partial charge in [0.25, 0.3) is 0 Å². The van der Waals surface area contributed by atoms with E-state index in [4.69, 9.17) is 4.74 Å². The van der Waals surface area contributed by atoms with Crippen molar-refractivity contribution in [3.8, 4) is 0 Å². The summed E-state index contributed by atoms with van der Waals surface area (Å²) < 4.78 is 5.60. The zero-order chi connectivity index (χ0) is 18.1. The number of piperazine rings is 1. The van der Waals surface area contributed by atoms with E-state index < -0.39 is 0 Å². The van der Waals surface area contributed by atoms with Crippen molar-refractivity contribution in [2.75, 3.05) is 43.0 Å². The second-order valence-corrected chi connectivity index (χ2v) is 7.73. The van der Waals surface area contributed by atoms with E-state index in [1.165, 1.54) is 33.8 Å². The molecule has 2 aliphatic rings. The van der Waals surface area contributed by atoms with Gasteiger partial charge in [-0.2, -0.15) is 0 Å². The molecule has 2 heterocycles. The third-order valence-corrected chi connectivity index (χ3v) is 5.66. The van der Waals surface area contributed by atoms with Gasteiger partial charge in [-0.1, -0.05) is 32.0 Å². The molecule has 0 spiro atoms. The number of hydrogen-bond acceptors (Lipinski definition) is 4. The van der Waals surface area contributed by atoms with Crippen LogP contribution in [0, 0.1) is 0 Å². The quantitative estimate of drug-likeness (QED) is 0.872. The Balaban J connectivity index is 1.68. The molecule has 0 aliphatic carbocycles. The molecule has 0 radical (unpaired) electrons. The fourth-order valence-corrected chi connectivity index (χ4v) is 4.12. The van der Waals surface area contributed by atoms with E-state index in [0.717, 1.165) is 32.8 Å². The maximum atomic E-state index is 5.60. The van der Waals surface area contributed by atoms with Crippen LogP contribution >= 0.6 is 0 Å². The zero-order valence-corrected chi connectivity index (χ0v) is 16.1. The zero-order valence-electron chi connectivity index (χ0n) is 16.1. The summed E-state index contributed by atoms with van der Waals surface area (Å²) in [6.45, 7) is 12.4. The van der Waals surface area contributed by atoms with Crippen molar-refractivity contribution >= 4 is 17.1 Å². The third-order valence-electron chi connectivity index (χ3n) is 5.66. The van der Waals surface area contributed by atoms with Crippen molar-refractivity contribution in [2.24, 2.45) is 0 Å². The Morgan fingerprint density at radius 3 is 2.58 bits per heavy atom. The van der Waals surface area contributed by atoms with Crippen molar-refractivity contribution in [1.29, 1.82) is 0 Å². The van der Waals surface area contributed by atoms with E-state index in [0.29, 0.717) is 6.61 Å². The Labute approximate surface area is 156 Å². The third kappa shape index (κ3) is 3.08. The molecule has 0 amide bonds. The van der Waals surface area contributed by atoms with E-state index in [1.54, 1.807) is 0 Å². The lowest BCUT2D eigenvalue weighted by molar-refractivity contribution is 0.134. The van der Waals surface area contributed by atoms with Gasteiger partial charge >= 0.3 is 0 Å². The number of nitrogens with zero attached hydrogens (tertiary/aromatic N) is 1. The highest BCUT2D eigenvalue weighted by atomic mass is 16.5. The molecular weight excluding hydrogens is 322 g/mol. The maximum Gasteiger partial charge on any atom is 0.0716 e. The van der Waals surface area contributed by atoms with Crippen molar-refractivity contribution in [2.45, 2.75) is 32.8 Å². The minimum absolute atomic E-state index is 0.0277. The molecule has 26 heavy (non-hydrogen) atoms. The molecule has 0 unspecified atom stereocenters. The van der Waals surface area contributed by atoms with Crippen LogP contribution in [0.15, 0.2) is 36.4 Å². The molecule has 1 saturated heterocycles. The van der Waals surface area contributed by atoms with Crippen LogP contribution in [0.4, 0.5) is 17.1 Å². The highest BCUT2D eigenvalue weighted by Gasteiger charge is 2.33. The summed E-state index contributed by atoms with van der Waals surface area (Å²) in [6.07, 6.45) is 0. The summed E-state index contributed by atoms with van der Waals surface area (Å²) in [5.41, 5.74) is 7.66. The SMILES string of the molecule is CCOCc1ccc2c(c1)C(C)(C)c1ccc(N3CCNCC3)cc1N2. The lowest BCUT2D eigenvalue weighted by atomic mass is 9.74. The van der Waals surface area contributed by atoms with Crippen molar-refractivity contribution in [3.63, 3.8) is 0 Å². The van der Waals surface area contributed by atoms with Gasteiger partial charge in [0, 0.05) is 55.3 Å². The fraction of sp³-hybridized carbons (Fsp3) is 0.455. The number of fused-ring (bicyclic) bond motifs is 2. The molecule has 2 aliphatic heterocycles. The standard InChI is InChI=1S/C22H29N3O/c1-4-26-15-16-5-8-20-19(13-16)22(2,3)18-7-6-17(14-21(18)24-20)25-11-9-23-10-12-25/h5-8,13-14,23-24H,4,9-12,15H2,1-3H3. The average molecular weight is 351 g/mol. The van der Waals surface area contributed by atoms with E-state index in [-0.39, 0.29) is 5.41 Å². The molecule has 0 atom stereocenters. The van der Waals surface area contributed by atoms with Crippen LogP contribution in [0.5, 0.6) is 0 Å². The Morgan fingerprint density at radius 2 is 1.81 bits per heavy atom. The first-order valence-corrected chi connectivity index (χ1v) is 9.68. The number of anilines is 3. The van der Waals surface area contributed by atoms with Crippen LogP contribution in [0.2, 0.25) is 0 Å². The second kappa shape index (κ2) is 6.93. The molecule has 138 valence electrons. The van der Waals surface area contributed by atoms with Crippen LogP contribution in [0.25, 0.3) is 0 Å². The monoisotopic (exact) mass is 351 g/mol. The van der Waals surface area contributed by atoms with Crippen LogP contribution in [-0.2, 0) is 16.8 Å². The smallest absolute Gasteiger partial charge is 0.0716 e. The summed E-state index contributed by atoms with van der Waals surface area (Å²) in [7, 11) is 0. The average Bonchev–Trinajstić information content (AvgIpc) is 2.67. The second-order valence-electron chi connectivity index (χ2n) is 7.73. The van der Waals surface area contributed by atoms with Gasteiger partial charge in [-0.25, -0.2) is 0 Å². The van der Waals surface area contributed by atoms with Crippen LogP contribution in [0.1, 0.15) is 37.5 Å². The Morgan fingerprint density at radius 1 is 1.00 bits per heavy atom. The van der Waals surface area contributed by atoms with Crippen molar-refractivity contribution in [1.82, 2.24) is 5.32 Å². The van der Waals surface area contributed by atoms with Gasteiger partial charge < -0.3 is 20.3 Å². The molecule has 2 aromatic rings. The largest absolute Gasteiger partial charge is 0.377 e. The summed E-state index contributed by atoms with van der Waals surface area (Å²) in [5.74, 6) is 0. The topological polar surface area (TPSA) is 36.5 Å². The predicted octanol–water partition coefficient (Wildman–Crippen LogP) is 4.02. The molecule has 4 heteroatoms. The van der Waals surface area contributed by atoms with Gasteiger partial charge in [0.1, 0.15) is 0 Å². The minimum atomic E-state index is -0.0277. The van der Waals surface area contributed by atoms with Crippen LogP contribution < -0.4 is 15.5 Å². The van der Waals surface area contributed by atoms with Gasteiger partial charge in [0.15, 0.2) is 0 Å². The molecule has 4 rings (SSSR count). The lowest BCUT2D eigenvalue weighted by Gasteiger charge is -2.37. The predicted molar refractivity (Wildman–Crippen MR) is 109 cm³/mol. The number of rotatable bonds is 4. The van der Waals surface area contributed by atoms with Gasteiger partial charge in [-0.3, -0.25) is 0 Å². The summed E-state index contributed by atoms with van der Waals surface area (Å²) in [5, 5.41) is 7.10. The molecule has 4 nitrogen and oxygen atoms in total. The maximum absolute atomic E-state index is 5.60. The first-order valence-electron chi connectivity index (χ1n) is 9.68. The first-order chi connectivity index (χ1) is 12.6. The van der Waals surface area contributed by atoms with E-state index in [9.17, 15) is 0 Å². The number of benzene rings is 2. The van der Waals surface area contributed by atoms with Gasteiger partial charge in [-0.05, 0) is 41.8 Å². The molecule has 0 saturated carbocycles. The van der Waals surface area contributed by atoms with Gasteiger partial charge in [0.05, 0.1) is 6.61 Å². The number of hydrogen-bond donors (Lipinski definition) is 2.